The monoisotopic (exact) mass is 321 g/mol. The van der Waals surface area contributed by atoms with E-state index in [1.807, 2.05) is 0 Å². The normalized spacial score (nSPS) is 23.0. The number of methoxy groups -OCH3 is 1. The molecular formula is C16H20FN3O3. The number of aliphatic hydroxyl groups excluding tert-OH is 1. The molecule has 2 aromatic rings. The summed E-state index contributed by atoms with van der Waals surface area (Å²) >= 11 is 0. The maximum Gasteiger partial charge on any atom is 0.213 e. The van der Waals surface area contributed by atoms with Crippen LogP contribution in [0.25, 0.3) is 11.0 Å². The van der Waals surface area contributed by atoms with Gasteiger partial charge in [-0.15, -0.1) is 0 Å². The second-order valence-corrected chi connectivity index (χ2v) is 5.79. The minimum atomic E-state index is -0.824. The fourth-order valence-corrected chi connectivity index (χ4v) is 2.82. The summed E-state index contributed by atoms with van der Waals surface area (Å²) in [6.07, 6.45) is 1.52. The van der Waals surface area contributed by atoms with Gasteiger partial charge in [0.2, 0.25) is 5.88 Å². The maximum absolute atomic E-state index is 14.2. The smallest absolute Gasteiger partial charge is 0.213 e. The highest BCUT2D eigenvalue weighted by atomic mass is 19.1. The zero-order chi connectivity index (χ0) is 16.4. The molecule has 0 aliphatic carbocycles. The molecule has 0 saturated carbocycles. The van der Waals surface area contributed by atoms with Crippen molar-refractivity contribution in [3.05, 3.63) is 29.7 Å². The number of hydrogen-bond donors (Lipinski definition) is 2. The number of nitrogens with zero attached hydrogens (tertiary/aromatic N) is 2. The SMILES string of the molecule is COc1ccc2ncc(F)c(CC(O)C3CCC(N)CO3)c2n1. The van der Waals surface area contributed by atoms with Gasteiger partial charge in [-0.05, 0) is 18.9 Å². The Labute approximate surface area is 133 Å². The van der Waals surface area contributed by atoms with Gasteiger partial charge >= 0.3 is 0 Å². The molecule has 3 rings (SSSR count). The lowest BCUT2D eigenvalue weighted by Crippen LogP contribution is -2.41. The van der Waals surface area contributed by atoms with Crippen molar-refractivity contribution in [2.45, 2.75) is 37.5 Å². The van der Waals surface area contributed by atoms with Crippen LogP contribution in [0.3, 0.4) is 0 Å². The van der Waals surface area contributed by atoms with Gasteiger partial charge in [-0.2, -0.15) is 0 Å². The van der Waals surface area contributed by atoms with Gasteiger partial charge in [-0.3, -0.25) is 4.98 Å². The van der Waals surface area contributed by atoms with Crippen LogP contribution in [-0.2, 0) is 11.2 Å². The molecule has 124 valence electrons. The molecular weight excluding hydrogens is 301 g/mol. The lowest BCUT2D eigenvalue weighted by atomic mass is 9.96. The van der Waals surface area contributed by atoms with E-state index in [9.17, 15) is 9.50 Å². The third kappa shape index (κ3) is 3.41. The number of rotatable bonds is 4. The quantitative estimate of drug-likeness (QED) is 0.879. The van der Waals surface area contributed by atoms with Crippen molar-refractivity contribution in [2.75, 3.05) is 13.7 Å². The Morgan fingerprint density at radius 2 is 2.30 bits per heavy atom. The number of nitrogens with two attached hydrogens (primary N) is 1. The molecule has 0 aromatic carbocycles. The van der Waals surface area contributed by atoms with E-state index in [0.29, 0.717) is 35.5 Å². The van der Waals surface area contributed by atoms with Crippen LogP contribution in [0.4, 0.5) is 4.39 Å². The Balaban J connectivity index is 1.87. The standard InChI is InChI=1S/C16H20FN3O3/c1-22-15-5-3-12-16(20-15)10(11(17)7-19-12)6-13(21)14-4-2-9(18)8-23-14/h3,5,7,9,13-14,21H,2,4,6,8,18H2,1H3. The van der Waals surface area contributed by atoms with Crippen LogP contribution in [0.5, 0.6) is 5.88 Å². The molecule has 3 heterocycles. The predicted octanol–water partition coefficient (Wildman–Crippen LogP) is 1.19. The van der Waals surface area contributed by atoms with Crippen LogP contribution in [0.15, 0.2) is 18.3 Å². The van der Waals surface area contributed by atoms with Crippen molar-refractivity contribution in [3.63, 3.8) is 0 Å². The Bertz CT molecular complexity index is 690. The van der Waals surface area contributed by atoms with Crippen molar-refractivity contribution in [1.29, 1.82) is 0 Å². The molecule has 0 radical (unpaired) electrons. The van der Waals surface area contributed by atoms with Crippen LogP contribution >= 0.6 is 0 Å². The predicted molar refractivity (Wildman–Crippen MR) is 82.7 cm³/mol. The van der Waals surface area contributed by atoms with E-state index in [2.05, 4.69) is 9.97 Å². The average Bonchev–Trinajstić information content (AvgIpc) is 2.57. The summed E-state index contributed by atoms with van der Waals surface area (Å²) in [5.41, 5.74) is 7.06. The highest BCUT2D eigenvalue weighted by Gasteiger charge is 2.27. The molecule has 7 heteroatoms. The molecule has 6 nitrogen and oxygen atoms in total. The largest absolute Gasteiger partial charge is 0.481 e. The third-order valence-electron chi connectivity index (χ3n) is 4.14. The van der Waals surface area contributed by atoms with Gasteiger partial charge in [-0.1, -0.05) is 0 Å². The minimum absolute atomic E-state index is 0.00266. The fourth-order valence-electron chi connectivity index (χ4n) is 2.82. The molecule has 0 spiro atoms. The molecule has 1 aliphatic rings. The Kier molecular flexibility index (Phi) is 4.70. The first-order valence-electron chi connectivity index (χ1n) is 7.62. The zero-order valence-electron chi connectivity index (χ0n) is 12.9. The molecule has 0 bridgehead atoms. The number of hydrogen-bond acceptors (Lipinski definition) is 6. The van der Waals surface area contributed by atoms with Gasteiger partial charge in [0, 0.05) is 24.1 Å². The van der Waals surface area contributed by atoms with E-state index in [-0.39, 0.29) is 18.6 Å². The fraction of sp³-hybridized carbons (Fsp3) is 0.500. The first kappa shape index (κ1) is 16.0. The van der Waals surface area contributed by atoms with Crippen LogP contribution in [-0.4, -0.2) is 47.0 Å². The number of halogens is 1. The summed E-state index contributed by atoms with van der Waals surface area (Å²) < 4.78 is 24.9. The summed E-state index contributed by atoms with van der Waals surface area (Å²) in [4.78, 5) is 8.29. The van der Waals surface area contributed by atoms with Crippen molar-refractivity contribution in [3.8, 4) is 5.88 Å². The Hall–Kier alpha value is -1.83. The van der Waals surface area contributed by atoms with Crippen LogP contribution in [0.2, 0.25) is 0 Å². The average molecular weight is 321 g/mol. The van der Waals surface area contributed by atoms with Gasteiger partial charge < -0.3 is 20.3 Å². The molecule has 1 saturated heterocycles. The molecule has 3 unspecified atom stereocenters. The molecule has 23 heavy (non-hydrogen) atoms. The number of aromatic nitrogens is 2. The molecule has 2 aromatic heterocycles. The molecule has 3 atom stereocenters. The van der Waals surface area contributed by atoms with Gasteiger partial charge in [0.1, 0.15) is 5.82 Å². The van der Waals surface area contributed by atoms with Gasteiger partial charge in [0.05, 0.1) is 43.2 Å². The van der Waals surface area contributed by atoms with E-state index in [0.717, 1.165) is 12.6 Å². The molecule has 1 fully saturated rings. The summed E-state index contributed by atoms with van der Waals surface area (Å²) in [6.45, 7) is 0.410. The number of ether oxygens (including phenoxy) is 2. The van der Waals surface area contributed by atoms with Gasteiger partial charge in [0.15, 0.2) is 0 Å². The zero-order valence-corrected chi connectivity index (χ0v) is 12.9. The highest BCUT2D eigenvalue weighted by molar-refractivity contribution is 5.78. The Morgan fingerprint density at radius 3 is 3.00 bits per heavy atom. The van der Waals surface area contributed by atoms with E-state index in [1.54, 1.807) is 12.1 Å². The van der Waals surface area contributed by atoms with Crippen molar-refractivity contribution in [2.24, 2.45) is 5.73 Å². The minimum Gasteiger partial charge on any atom is -0.481 e. The Morgan fingerprint density at radius 1 is 1.48 bits per heavy atom. The van der Waals surface area contributed by atoms with Crippen molar-refractivity contribution >= 4 is 11.0 Å². The van der Waals surface area contributed by atoms with Crippen LogP contribution in [0.1, 0.15) is 18.4 Å². The summed E-state index contributed by atoms with van der Waals surface area (Å²) in [7, 11) is 1.49. The third-order valence-corrected chi connectivity index (χ3v) is 4.14. The lowest BCUT2D eigenvalue weighted by Gasteiger charge is -2.30. The second kappa shape index (κ2) is 6.74. The van der Waals surface area contributed by atoms with Crippen molar-refractivity contribution < 1.29 is 19.0 Å². The van der Waals surface area contributed by atoms with Crippen LogP contribution < -0.4 is 10.5 Å². The maximum atomic E-state index is 14.2. The first-order chi connectivity index (χ1) is 11.1. The summed E-state index contributed by atoms with van der Waals surface area (Å²) in [5.74, 6) is -0.120. The number of aliphatic hydroxyl groups is 1. The molecule has 3 N–H and O–H groups in total. The number of fused-ring (bicyclic) bond motifs is 1. The summed E-state index contributed by atoms with van der Waals surface area (Å²) in [5, 5.41) is 10.4. The van der Waals surface area contributed by atoms with Gasteiger partial charge in [0.25, 0.3) is 0 Å². The van der Waals surface area contributed by atoms with Crippen molar-refractivity contribution in [1.82, 2.24) is 9.97 Å². The molecule has 0 amide bonds. The molecule has 1 aliphatic heterocycles. The van der Waals surface area contributed by atoms with E-state index >= 15 is 0 Å². The van der Waals surface area contributed by atoms with E-state index < -0.39 is 11.9 Å². The van der Waals surface area contributed by atoms with Gasteiger partial charge in [-0.25, -0.2) is 9.37 Å². The van der Waals surface area contributed by atoms with E-state index in [4.69, 9.17) is 15.2 Å². The first-order valence-corrected chi connectivity index (χ1v) is 7.62. The summed E-state index contributed by atoms with van der Waals surface area (Å²) in [6, 6.07) is 3.38. The van der Waals surface area contributed by atoms with Crippen LogP contribution in [0, 0.1) is 5.82 Å². The number of pyridine rings is 2. The van der Waals surface area contributed by atoms with E-state index in [1.165, 1.54) is 7.11 Å². The second-order valence-electron chi connectivity index (χ2n) is 5.79. The highest BCUT2D eigenvalue weighted by Crippen LogP contribution is 2.25. The lowest BCUT2D eigenvalue weighted by molar-refractivity contribution is -0.0673. The topological polar surface area (TPSA) is 90.5 Å².